The fourth-order valence-electron chi connectivity index (χ4n) is 10.3. The van der Waals surface area contributed by atoms with Crippen molar-refractivity contribution in [2.75, 3.05) is 4.90 Å². The van der Waals surface area contributed by atoms with Crippen LogP contribution in [0, 0.1) is 27.7 Å². The average molecular weight is 895 g/mol. The van der Waals surface area contributed by atoms with Crippen molar-refractivity contribution < 1.29 is 4.42 Å². The first-order valence-electron chi connectivity index (χ1n) is 24.5. The SMILES string of the molecule is C=C/C(=c1/oc2ccccc2c1=C)N(c1ccc2c(c1)c1ccccc1n2C)c1cc2c(c(C=C)c1C=C)-c1ccc(C)cc1C2(CC)CC.CC.CC1=CCCC=C1.Cc1cccc(C)c1C. The molecule has 0 saturated heterocycles. The van der Waals surface area contributed by atoms with Gasteiger partial charge in [0, 0.05) is 56.1 Å². The zero-order valence-corrected chi connectivity index (χ0v) is 42.3. The minimum Gasteiger partial charge on any atom is -0.454 e. The molecule has 2 aliphatic carbocycles. The summed E-state index contributed by atoms with van der Waals surface area (Å²) >= 11 is 0. The normalized spacial score (nSPS) is 13.5. The Morgan fingerprint density at radius 3 is 1.96 bits per heavy atom. The van der Waals surface area contributed by atoms with E-state index in [1.54, 1.807) is 0 Å². The highest BCUT2D eigenvalue weighted by atomic mass is 16.3. The first kappa shape index (κ1) is 48.8. The Kier molecular flexibility index (Phi) is 14.9. The number of aryl methyl sites for hydroxylation is 4. The van der Waals surface area contributed by atoms with Crippen molar-refractivity contribution in [3.8, 4) is 11.1 Å². The van der Waals surface area contributed by atoms with Gasteiger partial charge >= 0.3 is 0 Å². The Morgan fingerprint density at radius 1 is 0.706 bits per heavy atom. The van der Waals surface area contributed by atoms with E-state index >= 15 is 0 Å². The largest absolute Gasteiger partial charge is 0.454 e. The molecule has 0 saturated carbocycles. The van der Waals surface area contributed by atoms with Crippen molar-refractivity contribution in [1.82, 2.24) is 4.57 Å². The van der Waals surface area contributed by atoms with Gasteiger partial charge in [0.05, 0.1) is 11.4 Å². The number of furan rings is 1. The number of allylic oxidation sites excluding steroid dienone is 4. The topological polar surface area (TPSA) is 21.3 Å². The van der Waals surface area contributed by atoms with Gasteiger partial charge in [0.2, 0.25) is 0 Å². The predicted molar refractivity (Wildman–Crippen MR) is 299 cm³/mol. The van der Waals surface area contributed by atoms with Crippen molar-refractivity contribution in [2.24, 2.45) is 7.05 Å². The number of benzene rings is 6. The third-order valence-electron chi connectivity index (χ3n) is 14.3. The Bertz CT molecular complexity index is 3360. The van der Waals surface area contributed by atoms with Crippen LogP contribution >= 0.6 is 0 Å². The molecule has 3 nitrogen and oxygen atoms in total. The molecule has 2 aromatic heterocycles. The summed E-state index contributed by atoms with van der Waals surface area (Å²) < 4.78 is 8.91. The van der Waals surface area contributed by atoms with Gasteiger partial charge in [0.1, 0.15) is 5.58 Å². The zero-order chi connectivity index (χ0) is 48.9. The number of rotatable bonds is 8. The molecule has 68 heavy (non-hydrogen) atoms. The molecule has 0 N–H and O–H groups in total. The fraction of sp³-hybridized carbons (Fsp3) is 0.231. The van der Waals surface area contributed by atoms with E-state index in [0.29, 0.717) is 5.42 Å². The molecule has 0 amide bonds. The minimum absolute atomic E-state index is 0.153. The number of hydrogen-bond donors (Lipinski definition) is 0. The number of para-hydroxylation sites is 2. The van der Waals surface area contributed by atoms with Crippen LogP contribution in [0.1, 0.15) is 105 Å². The molecule has 6 aromatic carbocycles. The van der Waals surface area contributed by atoms with Crippen molar-refractivity contribution in [1.29, 1.82) is 0 Å². The number of hydrogen-bond acceptors (Lipinski definition) is 2. The van der Waals surface area contributed by atoms with Gasteiger partial charge in [-0.2, -0.15) is 0 Å². The van der Waals surface area contributed by atoms with Crippen LogP contribution in [-0.2, 0) is 12.5 Å². The van der Waals surface area contributed by atoms with Gasteiger partial charge < -0.3 is 13.9 Å². The first-order valence-corrected chi connectivity index (χ1v) is 24.5. The summed E-state index contributed by atoms with van der Waals surface area (Å²) in [4.78, 5) is 2.30. The molecule has 0 atom stereocenters. The van der Waals surface area contributed by atoms with Crippen LogP contribution in [0.25, 0.3) is 68.3 Å². The lowest BCUT2D eigenvalue weighted by molar-refractivity contribution is 0.490. The van der Waals surface area contributed by atoms with Crippen LogP contribution in [-0.4, -0.2) is 4.57 Å². The number of fused-ring (bicyclic) bond motifs is 7. The van der Waals surface area contributed by atoms with Gasteiger partial charge in [-0.15, -0.1) is 0 Å². The van der Waals surface area contributed by atoms with E-state index in [1.807, 2.05) is 50.3 Å². The molecule has 8 aromatic rings. The van der Waals surface area contributed by atoms with E-state index in [0.717, 1.165) is 57.2 Å². The molecule has 0 unspecified atom stereocenters. The lowest BCUT2D eigenvalue weighted by Gasteiger charge is -2.33. The molecule has 0 fully saturated rings. The Morgan fingerprint density at radius 2 is 1.37 bits per heavy atom. The van der Waals surface area contributed by atoms with E-state index in [1.165, 1.54) is 84.7 Å². The first-order chi connectivity index (χ1) is 32.9. The van der Waals surface area contributed by atoms with Gasteiger partial charge in [-0.25, -0.2) is 0 Å². The molecule has 0 aliphatic heterocycles. The standard InChI is InChI=1S/C47H42N2O.C9H12.C7H10.C2H6/c1-9-32-33(10-2)45-36-24-22-29(6)26-38(36)47(12-4,13-5)39(45)28-43(32)49(40(11-3)46-30(7)34-18-15-17-21-44(34)50-46)31-23-25-42-37(27-31)35-19-14-16-20-41(35)48(42)8;1-7-5-4-6-8(2)9(7)3;1-7-5-3-2-4-6-7;1-2/h9-11,14-28H,1-3,7,12-13H2,4-6,8H3;4-6H,1-3H3;3,5-6H,2,4H2,1H3;1-2H3/b46-40-;;;. The number of nitrogens with zero attached hydrogens (tertiary/aromatic N) is 2. The molecule has 3 heteroatoms. The molecule has 0 spiro atoms. The summed E-state index contributed by atoms with van der Waals surface area (Å²) in [7, 11) is 2.13. The fourth-order valence-corrected chi connectivity index (χ4v) is 10.3. The van der Waals surface area contributed by atoms with E-state index in [4.69, 9.17) is 4.42 Å². The average Bonchev–Trinajstić information content (AvgIpc) is 3.96. The van der Waals surface area contributed by atoms with Crippen molar-refractivity contribution in [3.63, 3.8) is 0 Å². The number of anilines is 2. The monoisotopic (exact) mass is 895 g/mol. The van der Waals surface area contributed by atoms with Gasteiger partial charge in [-0.3, -0.25) is 0 Å². The van der Waals surface area contributed by atoms with E-state index in [9.17, 15) is 0 Å². The second-order valence-electron chi connectivity index (χ2n) is 17.9. The van der Waals surface area contributed by atoms with E-state index < -0.39 is 0 Å². The number of aromatic nitrogens is 1. The second kappa shape index (κ2) is 20.8. The molecule has 0 radical (unpaired) electrons. The molecular formula is C65H70N2O. The summed E-state index contributed by atoms with van der Waals surface area (Å²) in [5, 5.41) is 4.20. The zero-order valence-electron chi connectivity index (χ0n) is 42.3. The summed E-state index contributed by atoms with van der Waals surface area (Å²) in [5.74, 6) is 0. The Hall–Kier alpha value is -7.10. The Balaban J connectivity index is 0.000000319. The van der Waals surface area contributed by atoms with Crippen molar-refractivity contribution in [3.05, 3.63) is 214 Å². The lowest BCUT2D eigenvalue weighted by Crippen LogP contribution is -2.30. The van der Waals surface area contributed by atoms with Crippen LogP contribution in [0.15, 0.2) is 163 Å². The van der Waals surface area contributed by atoms with Gasteiger partial charge in [-0.05, 0) is 147 Å². The van der Waals surface area contributed by atoms with Crippen LogP contribution in [0.3, 0.4) is 0 Å². The maximum atomic E-state index is 6.64. The van der Waals surface area contributed by atoms with Crippen LogP contribution < -0.4 is 15.5 Å². The van der Waals surface area contributed by atoms with Crippen LogP contribution in [0.2, 0.25) is 0 Å². The van der Waals surface area contributed by atoms with Gasteiger partial charge in [0.25, 0.3) is 0 Å². The highest BCUT2D eigenvalue weighted by Crippen LogP contribution is 2.57. The third-order valence-corrected chi connectivity index (χ3v) is 14.3. The van der Waals surface area contributed by atoms with Gasteiger partial charge in [0.15, 0.2) is 5.42 Å². The minimum atomic E-state index is -0.153. The molecule has 2 aliphatic rings. The molecule has 2 heterocycles. The smallest absolute Gasteiger partial charge is 0.158 e. The van der Waals surface area contributed by atoms with E-state index in [2.05, 4.69) is 201 Å². The van der Waals surface area contributed by atoms with Crippen molar-refractivity contribution in [2.45, 2.75) is 93.4 Å². The summed E-state index contributed by atoms with van der Waals surface area (Å²) in [6, 6.07) is 39.1. The second-order valence-corrected chi connectivity index (χ2v) is 17.9. The molecular weight excluding hydrogens is 825 g/mol. The summed E-state index contributed by atoms with van der Waals surface area (Å²) in [5.41, 5.74) is 20.7. The van der Waals surface area contributed by atoms with Crippen molar-refractivity contribution >= 4 is 68.6 Å². The van der Waals surface area contributed by atoms with Gasteiger partial charge in [-0.1, -0.05) is 168 Å². The predicted octanol–water partition coefficient (Wildman–Crippen LogP) is 17.2. The maximum absolute atomic E-state index is 6.64. The maximum Gasteiger partial charge on any atom is 0.158 e. The highest BCUT2D eigenvalue weighted by Gasteiger charge is 2.43. The quantitative estimate of drug-likeness (QED) is 0.152. The highest BCUT2D eigenvalue weighted by molar-refractivity contribution is 6.10. The lowest BCUT2D eigenvalue weighted by atomic mass is 9.73. The van der Waals surface area contributed by atoms with Crippen LogP contribution in [0.5, 0.6) is 0 Å². The van der Waals surface area contributed by atoms with Crippen LogP contribution in [0.4, 0.5) is 11.4 Å². The molecule has 10 rings (SSSR count). The van der Waals surface area contributed by atoms with E-state index in [-0.39, 0.29) is 5.41 Å². The summed E-state index contributed by atoms with van der Waals surface area (Å²) in [6.45, 7) is 37.1. The summed E-state index contributed by atoms with van der Waals surface area (Å²) in [6.07, 6.45) is 17.0. The third kappa shape index (κ3) is 8.67. The molecule has 0 bridgehead atoms. The Labute approximate surface area is 406 Å². The molecule has 346 valence electrons.